The predicted molar refractivity (Wildman–Crippen MR) is 108 cm³/mol. The van der Waals surface area contributed by atoms with E-state index in [2.05, 4.69) is 5.32 Å². The number of nitrogens with one attached hydrogen (secondary N) is 1. The number of hydrogen-bond acceptors (Lipinski definition) is 5. The molecule has 0 bridgehead atoms. The first kappa shape index (κ1) is 21.4. The molecule has 0 fully saturated rings. The average Bonchev–Trinajstić information content (AvgIpc) is 2.72. The summed E-state index contributed by atoms with van der Waals surface area (Å²) in [6.45, 7) is 7.23. The fraction of sp³-hybridized carbons (Fsp3) is 0.409. The first-order valence-electron chi connectivity index (χ1n) is 9.58. The lowest BCUT2D eigenvalue weighted by atomic mass is 10.2. The second kappa shape index (κ2) is 11.1. The van der Waals surface area contributed by atoms with Crippen LogP contribution in [0.25, 0.3) is 0 Å². The Morgan fingerprint density at radius 3 is 2.25 bits per heavy atom. The van der Waals surface area contributed by atoms with Gasteiger partial charge in [-0.2, -0.15) is 0 Å². The Bertz CT molecular complexity index is 762. The molecule has 1 atom stereocenters. The first-order chi connectivity index (χ1) is 13.6. The molecule has 28 heavy (non-hydrogen) atoms. The van der Waals surface area contributed by atoms with Gasteiger partial charge >= 0.3 is 0 Å². The zero-order chi connectivity index (χ0) is 20.4. The predicted octanol–water partition coefficient (Wildman–Crippen LogP) is 3.97. The van der Waals surface area contributed by atoms with E-state index in [1.807, 2.05) is 51.1 Å². The van der Waals surface area contributed by atoms with Crippen LogP contribution in [-0.4, -0.2) is 32.3 Å². The van der Waals surface area contributed by atoms with E-state index in [-0.39, 0.29) is 5.91 Å². The van der Waals surface area contributed by atoms with Crippen molar-refractivity contribution in [3.8, 4) is 23.0 Å². The van der Waals surface area contributed by atoms with Crippen LogP contribution in [0.3, 0.4) is 0 Å². The second-order valence-corrected chi connectivity index (χ2v) is 6.03. The Labute approximate surface area is 166 Å². The van der Waals surface area contributed by atoms with Crippen LogP contribution >= 0.6 is 0 Å². The number of rotatable bonds is 11. The monoisotopic (exact) mass is 387 g/mol. The maximum Gasteiger partial charge on any atom is 0.261 e. The first-order valence-corrected chi connectivity index (χ1v) is 9.58. The molecule has 0 heterocycles. The summed E-state index contributed by atoms with van der Waals surface area (Å²) >= 11 is 0. The van der Waals surface area contributed by atoms with Crippen molar-refractivity contribution < 1.29 is 23.7 Å². The normalized spacial score (nSPS) is 11.4. The van der Waals surface area contributed by atoms with Crippen LogP contribution in [0.5, 0.6) is 23.0 Å². The molecule has 1 N–H and O–H groups in total. The zero-order valence-corrected chi connectivity index (χ0v) is 17.0. The Morgan fingerprint density at radius 2 is 1.61 bits per heavy atom. The van der Waals surface area contributed by atoms with Crippen molar-refractivity contribution in [1.29, 1.82) is 0 Å². The number of carbonyl (C=O) groups is 1. The molecule has 0 spiro atoms. The second-order valence-electron chi connectivity index (χ2n) is 6.03. The van der Waals surface area contributed by atoms with Crippen LogP contribution in [0.2, 0.25) is 0 Å². The lowest BCUT2D eigenvalue weighted by Gasteiger charge is -2.19. The van der Waals surface area contributed by atoms with Gasteiger partial charge in [-0.25, -0.2) is 0 Å². The van der Waals surface area contributed by atoms with Crippen LogP contribution < -0.4 is 24.3 Å². The minimum absolute atomic E-state index is 0.180. The highest BCUT2D eigenvalue weighted by molar-refractivity contribution is 5.81. The summed E-state index contributed by atoms with van der Waals surface area (Å²) in [6.07, 6.45) is -0.0671. The van der Waals surface area contributed by atoms with Crippen molar-refractivity contribution in [2.45, 2.75) is 39.8 Å². The lowest BCUT2D eigenvalue weighted by Crippen LogP contribution is -2.37. The lowest BCUT2D eigenvalue weighted by molar-refractivity contribution is -0.128. The van der Waals surface area contributed by atoms with Gasteiger partial charge in [0.15, 0.2) is 29.1 Å². The molecule has 2 aromatic carbocycles. The van der Waals surface area contributed by atoms with Gasteiger partial charge < -0.3 is 24.3 Å². The number of ether oxygens (including phenoxy) is 4. The van der Waals surface area contributed by atoms with Gasteiger partial charge in [0.2, 0.25) is 0 Å². The molecular formula is C22H29NO5. The SMILES string of the molecule is CCOc1ccc(CNC(=O)C(CC)Oc2ccccc2OC)cc1OCC. The fourth-order valence-electron chi connectivity index (χ4n) is 2.70. The van der Waals surface area contributed by atoms with Crippen molar-refractivity contribution in [3.05, 3.63) is 48.0 Å². The third kappa shape index (κ3) is 5.81. The molecule has 152 valence electrons. The Morgan fingerprint density at radius 1 is 0.929 bits per heavy atom. The van der Waals surface area contributed by atoms with Gasteiger partial charge in [0.25, 0.3) is 5.91 Å². The molecule has 2 rings (SSSR count). The van der Waals surface area contributed by atoms with Gasteiger partial charge in [-0.05, 0) is 50.1 Å². The number of hydrogen-bond donors (Lipinski definition) is 1. The summed E-state index contributed by atoms with van der Waals surface area (Å²) in [4.78, 5) is 12.6. The van der Waals surface area contributed by atoms with E-state index in [1.165, 1.54) is 0 Å². The highest BCUT2D eigenvalue weighted by Gasteiger charge is 2.20. The van der Waals surface area contributed by atoms with E-state index in [9.17, 15) is 4.79 Å². The number of amides is 1. The molecule has 2 aromatic rings. The minimum atomic E-state index is -0.606. The molecule has 0 aliphatic rings. The van der Waals surface area contributed by atoms with E-state index in [0.29, 0.717) is 49.2 Å². The fourth-order valence-corrected chi connectivity index (χ4v) is 2.70. The van der Waals surface area contributed by atoms with E-state index < -0.39 is 6.10 Å². The standard InChI is InChI=1S/C22H29NO5/c1-5-17(28-20-11-9-8-10-18(20)25-4)22(24)23-15-16-12-13-19(26-6-2)21(14-16)27-7-3/h8-14,17H,5-7,15H2,1-4H3,(H,23,24). The summed E-state index contributed by atoms with van der Waals surface area (Å²) in [5.41, 5.74) is 0.924. The summed E-state index contributed by atoms with van der Waals surface area (Å²) in [6, 6.07) is 12.9. The third-order valence-electron chi connectivity index (χ3n) is 4.08. The van der Waals surface area contributed by atoms with Gasteiger partial charge in [-0.15, -0.1) is 0 Å². The molecule has 0 saturated carbocycles. The zero-order valence-electron chi connectivity index (χ0n) is 17.0. The Hall–Kier alpha value is -2.89. The van der Waals surface area contributed by atoms with Crippen molar-refractivity contribution in [3.63, 3.8) is 0 Å². The van der Waals surface area contributed by atoms with Crippen LogP contribution in [0, 0.1) is 0 Å². The minimum Gasteiger partial charge on any atom is -0.493 e. The van der Waals surface area contributed by atoms with Crippen molar-refractivity contribution in [1.82, 2.24) is 5.32 Å². The highest BCUT2D eigenvalue weighted by atomic mass is 16.5. The number of benzene rings is 2. The topological polar surface area (TPSA) is 66.0 Å². The third-order valence-corrected chi connectivity index (χ3v) is 4.08. The van der Waals surface area contributed by atoms with Gasteiger partial charge in [-0.1, -0.05) is 25.1 Å². The van der Waals surface area contributed by atoms with Crippen molar-refractivity contribution in [2.24, 2.45) is 0 Å². The number of para-hydroxylation sites is 2. The van der Waals surface area contributed by atoms with Crippen LogP contribution in [0.4, 0.5) is 0 Å². The average molecular weight is 387 g/mol. The summed E-state index contributed by atoms with van der Waals surface area (Å²) < 4.78 is 22.4. The molecule has 0 aliphatic heterocycles. The van der Waals surface area contributed by atoms with Gasteiger partial charge in [-0.3, -0.25) is 4.79 Å². The molecule has 1 amide bonds. The number of carbonyl (C=O) groups excluding carboxylic acids is 1. The molecular weight excluding hydrogens is 358 g/mol. The van der Waals surface area contributed by atoms with Crippen molar-refractivity contribution >= 4 is 5.91 Å². The van der Waals surface area contributed by atoms with Gasteiger partial charge in [0.1, 0.15) is 0 Å². The molecule has 0 radical (unpaired) electrons. The summed E-state index contributed by atoms with van der Waals surface area (Å²) in [7, 11) is 1.57. The largest absolute Gasteiger partial charge is 0.493 e. The maximum atomic E-state index is 12.6. The molecule has 0 saturated heterocycles. The molecule has 6 heteroatoms. The summed E-state index contributed by atoms with van der Waals surface area (Å²) in [5, 5.41) is 2.93. The van der Waals surface area contributed by atoms with Crippen LogP contribution in [0.15, 0.2) is 42.5 Å². The van der Waals surface area contributed by atoms with Crippen molar-refractivity contribution in [2.75, 3.05) is 20.3 Å². The number of methoxy groups -OCH3 is 1. The Balaban J connectivity index is 2.02. The molecule has 0 aromatic heterocycles. The van der Waals surface area contributed by atoms with E-state index in [4.69, 9.17) is 18.9 Å². The Kier molecular flexibility index (Phi) is 8.46. The molecule has 0 aliphatic carbocycles. The van der Waals surface area contributed by atoms with E-state index >= 15 is 0 Å². The van der Waals surface area contributed by atoms with Gasteiger partial charge in [0, 0.05) is 6.54 Å². The smallest absolute Gasteiger partial charge is 0.261 e. The molecule has 1 unspecified atom stereocenters. The van der Waals surface area contributed by atoms with E-state index in [0.717, 1.165) is 5.56 Å². The van der Waals surface area contributed by atoms with Crippen LogP contribution in [0.1, 0.15) is 32.8 Å². The maximum absolute atomic E-state index is 12.6. The summed E-state index contributed by atoms with van der Waals surface area (Å²) in [5.74, 6) is 2.34. The molecule has 6 nitrogen and oxygen atoms in total. The van der Waals surface area contributed by atoms with E-state index in [1.54, 1.807) is 19.2 Å². The van der Waals surface area contributed by atoms with Crippen LogP contribution in [-0.2, 0) is 11.3 Å². The highest BCUT2D eigenvalue weighted by Crippen LogP contribution is 2.29. The quantitative estimate of drug-likeness (QED) is 0.632. The van der Waals surface area contributed by atoms with Gasteiger partial charge in [0.05, 0.1) is 20.3 Å².